The monoisotopic (exact) mass is 329 g/mol. The first-order valence-electron chi connectivity index (χ1n) is 7.25. The van der Waals surface area contributed by atoms with Crippen molar-refractivity contribution in [1.82, 2.24) is 0 Å². The normalized spacial score (nSPS) is 9.21. The van der Waals surface area contributed by atoms with E-state index in [4.69, 9.17) is 10.2 Å². The van der Waals surface area contributed by atoms with Crippen molar-refractivity contribution in [3.8, 4) is 5.75 Å². The summed E-state index contributed by atoms with van der Waals surface area (Å²) in [4.78, 5) is 12.1. The smallest absolute Gasteiger partial charge is 0.193 e. The Morgan fingerprint density at radius 2 is 1.25 bits per heavy atom. The van der Waals surface area contributed by atoms with Crippen molar-refractivity contribution >= 4 is 35.3 Å². The minimum absolute atomic E-state index is 0. The van der Waals surface area contributed by atoms with Gasteiger partial charge in [0, 0.05) is 40.7 Å². The molecule has 3 rings (SSSR count). The molecule has 3 aromatic rings. The van der Waals surface area contributed by atoms with Crippen LogP contribution < -0.4 is 0 Å². The molecule has 0 aliphatic heterocycles. The molecule has 0 aromatic heterocycles. The molecule has 0 spiro atoms. The first-order valence-corrected chi connectivity index (χ1v) is 7.25. The topological polar surface area (TPSA) is 57.5 Å². The molecular weight excluding hydrogens is 311 g/mol. The number of benzene rings is 3. The van der Waals surface area contributed by atoms with Crippen LogP contribution >= 0.6 is 0 Å². The van der Waals surface area contributed by atoms with E-state index in [0.29, 0.717) is 22.4 Å². The van der Waals surface area contributed by atoms with Crippen molar-refractivity contribution in [1.29, 1.82) is 0 Å². The molecule has 24 heavy (non-hydrogen) atoms. The molecule has 0 aliphatic rings. The number of phenols is 1. The predicted octanol–water partition coefficient (Wildman–Crippen LogP) is 3.42. The second-order valence-electron chi connectivity index (χ2n) is 4.85. The van der Waals surface area contributed by atoms with Crippen LogP contribution in [-0.4, -0.2) is 45.6 Å². The molecule has 1 radical (unpaired) electrons. The van der Waals surface area contributed by atoms with E-state index in [0.717, 1.165) is 0 Å². The molecule has 0 saturated carbocycles. The van der Waals surface area contributed by atoms with Gasteiger partial charge in [0.25, 0.3) is 0 Å². The van der Waals surface area contributed by atoms with Crippen LogP contribution in [0.4, 0.5) is 0 Å². The fourth-order valence-electron chi connectivity index (χ4n) is 2.05. The van der Waals surface area contributed by atoms with Crippen molar-refractivity contribution in [2.75, 3.05) is 0 Å². The van der Waals surface area contributed by atoms with Gasteiger partial charge in [-0.05, 0) is 17.7 Å². The van der Waals surface area contributed by atoms with Gasteiger partial charge in [0.15, 0.2) is 5.78 Å². The van der Waals surface area contributed by atoms with Crippen molar-refractivity contribution in [2.24, 2.45) is 0 Å². The quantitative estimate of drug-likeness (QED) is 0.572. The zero-order chi connectivity index (χ0) is 16.5. The molecule has 0 aliphatic carbocycles. The Morgan fingerprint density at radius 3 is 1.75 bits per heavy atom. The summed E-state index contributed by atoms with van der Waals surface area (Å²) < 4.78 is 0. The summed E-state index contributed by atoms with van der Waals surface area (Å²) in [5.74, 6) is 0.271. The standard InChI is InChI=1S/C14H12O2.C6H6O.Na/c15-10-12-8-4-5-9-13(12)14(16)11-6-2-1-3-7-11;7-6-4-2-1-3-5-6;/h1-9,15H,10H2;1-5,7H;. The number of carbonyl (C=O) groups is 1. The number of para-hydroxylation sites is 1. The SMILES string of the molecule is O=C(c1ccccc1)c1ccccc1CO.Oc1ccccc1.[Na]. The number of carbonyl (C=O) groups excluding carboxylic acids is 1. The summed E-state index contributed by atoms with van der Waals surface area (Å²) >= 11 is 0. The Bertz CT molecular complexity index is 743. The molecule has 0 unspecified atom stereocenters. The van der Waals surface area contributed by atoms with E-state index in [1.165, 1.54) is 0 Å². The Labute approximate surface area is 163 Å². The average molecular weight is 329 g/mol. The van der Waals surface area contributed by atoms with Crippen LogP contribution in [0, 0.1) is 0 Å². The minimum Gasteiger partial charge on any atom is -0.508 e. The van der Waals surface area contributed by atoms with Crippen molar-refractivity contribution in [3.63, 3.8) is 0 Å². The van der Waals surface area contributed by atoms with E-state index in [1.807, 2.05) is 30.3 Å². The van der Waals surface area contributed by atoms with E-state index in [-0.39, 0.29) is 41.9 Å². The van der Waals surface area contributed by atoms with E-state index in [2.05, 4.69) is 0 Å². The zero-order valence-electron chi connectivity index (χ0n) is 13.6. The number of aliphatic hydroxyl groups excluding tert-OH is 1. The summed E-state index contributed by atoms with van der Waals surface area (Å²) in [7, 11) is 0. The molecule has 0 amide bonds. The number of aliphatic hydroxyl groups is 1. The fourth-order valence-corrected chi connectivity index (χ4v) is 2.05. The van der Waals surface area contributed by atoms with Crippen molar-refractivity contribution in [3.05, 3.63) is 102 Å². The Hall–Kier alpha value is -1.91. The second-order valence-corrected chi connectivity index (χ2v) is 4.85. The Morgan fingerprint density at radius 1 is 0.750 bits per heavy atom. The predicted molar refractivity (Wildman–Crippen MR) is 96.1 cm³/mol. The maximum absolute atomic E-state index is 12.1. The van der Waals surface area contributed by atoms with Crippen molar-refractivity contribution in [2.45, 2.75) is 6.61 Å². The number of hydrogen-bond donors (Lipinski definition) is 2. The van der Waals surface area contributed by atoms with Crippen LogP contribution in [0.5, 0.6) is 5.75 Å². The third-order valence-electron chi connectivity index (χ3n) is 3.22. The number of phenolic OH excluding ortho intramolecular Hbond substituents is 1. The minimum atomic E-state index is -0.116. The molecule has 2 N–H and O–H groups in total. The van der Waals surface area contributed by atoms with Crippen LogP contribution in [0.25, 0.3) is 0 Å². The maximum atomic E-state index is 12.1. The summed E-state index contributed by atoms with van der Waals surface area (Å²) in [6.45, 7) is -0.116. The largest absolute Gasteiger partial charge is 0.508 e. The summed E-state index contributed by atoms with van der Waals surface area (Å²) in [6.07, 6.45) is 0. The number of aromatic hydroxyl groups is 1. The molecule has 0 fully saturated rings. The zero-order valence-corrected chi connectivity index (χ0v) is 15.6. The number of rotatable bonds is 3. The number of hydrogen-bond acceptors (Lipinski definition) is 3. The maximum Gasteiger partial charge on any atom is 0.193 e. The van der Waals surface area contributed by atoms with Gasteiger partial charge >= 0.3 is 0 Å². The van der Waals surface area contributed by atoms with Crippen molar-refractivity contribution < 1.29 is 15.0 Å². The first kappa shape index (κ1) is 20.1. The summed E-state index contributed by atoms with van der Waals surface area (Å²) in [5.41, 5.74) is 1.87. The van der Waals surface area contributed by atoms with Crippen LogP contribution in [-0.2, 0) is 6.61 Å². The van der Waals surface area contributed by atoms with Gasteiger partial charge in [0.05, 0.1) is 6.61 Å². The van der Waals surface area contributed by atoms with Gasteiger partial charge in [-0.25, -0.2) is 0 Å². The van der Waals surface area contributed by atoms with Gasteiger partial charge in [0.2, 0.25) is 0 Å². The molecule has 0 bridgehead atoms. The molecule has 0 heterocycles. The van der Waals surface area contributed by atoms with Gasteiger partial charge in [-0.1, -0.05) is 72.8 Å². The molecule has 4 heteroatoms. The van der Waals surface area contributed by atoms with Crippen LogP contribution in [0.2, 0.25) is 0 Å². The van der Waals surface area contributed by atoms with Gasteiger partial charge in [-0.2, -0.15) is 0 Å². The van der Waals surface area contributed by atoms with Crippen LogP contribution in [0.1, 0.15) is 21.5 Å². The average Bonchev–Trinajstić information content (AvgIpc) is 2.63. The fraction of sp³-hybridized carbons (Fsp3) is 0.0500. The molecule has 3 nitrogen and oxygen atoms in total. The molecule has 117 valence electrons. The van der Waals surface area contributed by atoms with Gasteiger partial charge in [0.1, 0.15) is 5.75 Å². The van der Waals surface area contributed by atoms with Crippen LogP contribution in [0.3, 0.4) is 0 Å². The summed E-state index contributed by atoms with van der Waals surface area (Å²) in [6, 6.07) is 24.9. The third-order valence-corrected chi connectivity index (χ3v) is 3.22. The molecular formula is C20H18NaO3. The van der Waals surface area contributed by atoms with Gasteiger partial charge < -0.3 is 10.2 Å². The van der Waals surface area contributed by atoms with Gasteiger partial charge in [-0.15, -0.1) is 0 Å². The summed E-state index contributed by atoms with van der Waals surface area (Å²) in [5, 5.41) is 17.8. The van der Waals surface area contributed by atoms with Gasteiger partial charge in [-0.3, -0.25) is 4.79 Å². The molecule has 3 aromatic carbocycles. The van der Waals surface area contributed by atoms with E-state index in [9.17, 15) is 4.79 Å². The second kappa shape index (κ2) is 10.8. The third kappa shape index (κ3) is 5.95. The van der Waals surface area contributed by atoms with E-state index < -0.39 is 0 Å². The molecule has 0 atom stereocenters. The molecule has 0 saturated heterocycles. The van der Waals surface area contributed by atoms with E-state index in [1.54, 1.807) is 54.6 Å². The number of ketones is 1. The van der Waals surface area contributed by atoms with Crippen LogP contribution in [0.15, 0.2) is 84.9 Å². The Balaban J connectivity index is 0.000000304. The first-order chi connectivity index (χ1) is 11.2. The Kier molecular flexibility index (Phi) is 9.05. The van der Waals surface area contributed by atoms with E-state index >= 15 is 0 Å².